The van der Waals surface area contributed by atoms with Crippen LogP contribution in [0.5, 0.6) is 17.2 Å². The number of rotatable bonds is 12. The van der Waals surface area contributed by atoms with Gasteiger partial charge in [-0.05, 0) is 29.9 Å². The van der Waals surface area contributed by atoms with Crippen molar-refractivity contribution in [3.63, 3.8) is 0 Å². The highest BCUT2D eigenvalue weighted by atomic mass is 16.6. The molecule has 1 amide bonds. The van der Waals surface area contributed by atoms with E-state index in [0.717, 1.165) is 23.7 Å². The molecule has 0 unspecified atom stereocenters. The maximum Gasteiger partial charge on any atom is 0.416 e. The van der Waals surface area contributed by atoms with Gasteiger partial charge in [-0.1, -0.05) is 59.7 Å². The Kier molecular flexibility index (Phi) is 11.7. The quantitative estimate of drug-likeness (QED) is 0.202. The fourth-order valence-corrected chi connectivity index (χ4v) is 4.51. The highest BCUT2D eigenvalue weighted by Gasteiger charge is 2.31. The number of hydrogen-bond acceptors (Lipinski definition) is 10. The topological polar surface area (TPSA) is 189 Å². The van der Waals surface area contributed by atoms with Gasteiger partial charge in [0.15, 0.2) is 17.2 Å². The Labute approximate surface area is 271 Å². The third-order valence-electron chi connectivity index (χ3n) is 6.55. The smallest absolute Gasteiger partial charge is 0.416 e. The second-order valence-electron chi connectivity index (χ2n) is 12.2. The van der Waals surface area contributed by atoms with E-state index in [4.69, 9.17) is 19.9 Å². The number of nitrogens with two attached hydrogens (primary N) is 1. The van der Waals surface area contributed by atoms with Crippen LogP contribution in [-0.4, -0.2) is 38.2 Å². The van der Waals surface area contributed by atoms with Crippen LogP contribution in [-0.2, 0) is 21.4 Å². The molecular weight excluding hydrogens is 612 g/mol. The lowest BCUT2D eigenvalue weighted by molar-refractivity contribution is -0.139. The normalized spacial score (nSPS) is 11.1. The summed E-state index contributed by atoms with van der Waals surface area (Å²) >= 11 is 0. The van der Waals surface area contributed by atoms with Crippen LogP contribution < -0.4 is 36.1 Å². The minimum Gasteiger partial charge on any atom is -0.464 e. The molecule has 0 fully saturated rings. The molecule has 0 radical (unpaired) electrons. The number of carbonyl (C=O) groups is 4. The molecule has 0 aliphatic heterocycles. The lowest BCUT2D eigenvalue weighted by Crippen LogP contribution is -2.43. The van der Waals surface area contributed by atoms with E-state index in [1.54, 1.807) is 59.7 Å². The molecule has 1 heterocycles. The Bertz CT molecular complexity index is 1730. The van der Waals surface area contributed by atoms with Crippen LogP contribution in [0, 0.1) is 17.8 Å². The number of aromatic nitrogens is 2. The number of carbonyl (C=O) groups excluding carboxylic acids is 3. The van der Waals surface area contributed by atoms with Gasteiger partial charge in [-0.15, -0.1) is 0 Å². The van der Waals surface area contributed by atoms with E-state index in [9.17, 15) is 33.9 Å². The third-order valence-corrected chi connectivity index (χ3v) is 6.55. The zero-order valence-electron chi connectivity index (χ0n) is 27.4. The van der Waals surface area contributed by atoms with E-state index in [2.05, 4.69) is 0 Å². The number of carboxylic acid groups (broad SMARTS) is 1. The number of ether oxygens (including phenoxy) is 3. The summed E-state index contributed by atoms with van der Waals surface area (Å²) < 4.78 is 18.4. The number of amides is 1. The van der Waals surface area contributed by atoms with Crippen molar-refractivity contribution in [2.24, 2.45) is 24.8 Å². The number of para-hydroxylation sites is 1. The summed E-state index contributed by atoms with van der Waals surface area (Å²) in [5.41, 5.74) is 3.68. The first kappa shape index (κ1) is 36.1. The van der Waals surface area contributed by atoms with Crippen molar-refractivity contribution in [1.82, 2.24) is 9.13 Å². The number of nitrogen functional groups attached to an aromatic ring is 1. The van der Waals surface area contributed by atoms with Crippen LogP contribution in [0.15, 0.2) is 52.1 Å². The molecule has 0 bridgehead atoms. The SMILES string of the molecule is CC(C)CC(=O)Oc1cc(N(C(=O)O)c2c(N)n(-c3ccccc3)c(=O)n(C)c2=O)cc(OC(=O)CC(C)C)c1OC(=O)CC(C)C. The maximum atomic E-state index is 13.5. The second-order valence-corrected chi connectivity index (χ2v) is 12.2. The fraction of sp³-hybridized carbons (Fsp3) is 0.394. The van der Waals surface area contributed by atoms with Gasteiger partial charge in [-0.2, -0.15) is 0 Å². The van der Waals surface area contributed by atoms with Crippen molar-refractivity contribution in [2.45, 2.75) is 60.8 Å². The molecule has 3 aromatic rings. The number of hydrogen-bond donors (Lipinski definition) is 2. The molecule has 14 nitrogen and oxygen atoms in total. The summed E-state index contributed by atoms with van der Waals surface area (Å²) in [5.74, 6) is -4.51. The van der Waals surface area contributed by atoms with Gasteiger partial charge in [0.1, 0.15) is 5.82 Å². The molecule has 47 heavy (non-hydrogen) atoms. The van der Waals surface area contributed by atoms with E-state index in [1.807, 2.05) is 0 Å². The molecule has 0 spiro atoms. The van der Waals surface area contributed by atoms with Gasteiger partial charge in [0.25, 0.3) is 5.56 Å². The van der Waals surface area contributed by atoms with E-state index in [1.165, 1.54) is 12.1 Å². The number of esters is 3. The van der Waals surface area contributed by atoms with E-state index in [0.29, 0.717) is 9.47 Å². The summed E-state index contributed by atoms with van der Waals surface area (Å²) in [5, 5.41) is 10.5. The van der Waals surface area contributed by atoms with Gasteiger partial charge < -0.3 is 25.1 Å². The summed E-state index contributed by atoms with van der Waals surface area (Å²) in [6, 6.07) is 10.1. The Morgan fingerprint density at radius 1 is 0.787 bits per heavy atom. The first-order valence-corrected chi connectivity index (χ1v) is 15.0. The van der Waals surface area contributed by atoms with Crippen LogP contribution >= 0.6 is 0 Å². The molecule has 0 aliphatic carbocycles. The van der Waals surface area contributed by atoms with Crippen molar-refractivity contribution in [1.29, 1.82) is 0 Å². The summed E-state index contributed by atoms with van der Waals surface area (Å²) in [6.07, 6.45) is -1.90. The molecule has 3 rings (SSSR count). The summed E-state index contributed by atoms with van der Waals surface area (Å²) in [4.78, 5) is 78.7. The summed E-state index contributed by atoms with van der Waals surface area (Å²) in [7, 11) is 1.16. The van der Waals surface area contributed by atoms with Crippen LogP contribution in [0.2, 0.25) is 0 Å². The van der Waals surface area contributed by atoms with Crippen molar-refractivity contribution >= 4 is 41.2 Å². The molecule has 14 heteroatoms. The van der Waals surface area contributed by atoms with Gasteiger partial charge in [0.2, 0.25) is 5.75 Å². The average molecular weight is 653 g/mol. The Balaban J connectivity index is 2.40. The first-order chi connectivity index (χ1) is 22.0. The second kappa shape index (κ2) is 15.3. The average Bonchev–Trinajstić information content (AvgIpc) is 2.95. The largest absolute Gasteiger partial charge is 0.464 e. The third kappa shape index (κ3) is 8.87. The standard InChI is InChI=1S/C33H40N4O10/c1-18(2)13-25(38)45-23-16-22(17-24(46-26(39)14-19(3)4)29(23)47-27(40)15-20(5)6)36(33(43)44)28-30(34)37(21-11-9-8-10-12-21)32(42)35(7)31(28)41/h8-12,16-20H,13-15,34H2,1-7H3,(H,43,44). The van der Waals surface area contributed by atoms with Crippen LogP contribution in [0.1, 0.15) is 60.8 Å². The van der Waals surface area contributed by atoms with Crippen LogP contribution in [0.25, 0.3) is 5.69 Å². The van der Waals surface area contributed by atoms with Crippen LogP contribution in [0.4, 0.5) is 22.0 Å². The lowest BCUT2D eigenvalue weighted by Gasteiger charge is -2.25. The van der Waals surface area contributed by atoms with Gasteiger partial charge in [-0.25, -0.2) is 19.1 Å². The highest BCUT2D eigenvalue weighted by Crippen LogP contribution is 2.44. The van der Waals surface area contributed by atoms with E-state index < -0.39 is 64.0 Å². The maximum absolute atomic E-state index is 13.5. The Morgan fingerprint density at radius 3 is 1.66 bits per heavy atom. The number of anilines is 3. The Morgan fingerprint density at radius 2 is 1.23 bits per heavy atom. The molecule has 0 atom stereocenters. The van der Waals surface area contributed by atoms with Gasteiger partial charge in [0, 0.05) is 38.4 Å². The zero-order chi connectivity index (χ0) is 35.2. The van der Waals surface area contributed by atoms with E-state index >= 15 is 0 Å². The minimum atomic E-state index is -1.73. The van der Waals surface area contributed by atoms with Crippen molar-refractivity contribution in [2.75, 3.05) is 10.6 Å². The predicted octanol–water partition coefficient (Wildman–Crippen LogP) is 4.79. The minimum absolute atomic E-state index is 0.0463. The first-order valence-electron chi connectivity index (χ1n) is 15.0. The molecule has 2 aromatic carbocycles. The summed E-state index contributed by atoms with van der Waals surface area (Å²) in [6.45, 7) is 10.6. The Hall–Kier alpha value is -5.40. The number of nitrogens with zero attached hydrogens (tertiary/aromatic N) is 3. The molecule has 0 saturated carbocycles. The lowest BCUT2D eigenvalue weighted by atomic mass is 10.1. The fourth-order valence-electron chi connectivity index (χ4n) is 4.51. The zero-order valence-corrected chi connectivity index (χ0v) is 27.4. The predicted molar refractivity (Wildman–Crippen MR) is 174 cm³/mol. The molecular formula is C33H40N4O10. The van der Waals surface area contributed by atoms with Gasteiger partial charge in [-0.3, -0.25) is 23.7 Å². The molecule has 252 valence electrons. The molecule has 1 aromatic heterocycles. The number of benzene rings is 2. The molecule has 3 N–H and O–H groups in total. The molecule has 0 saturated heterocycles. The monoisotopic (exact) mass is 652 g/mol. The molecule has 0 aliphatic rings. The van der Waals surface area contributed by atoms with E-state index in [-0.39, 0.29) is 48.4 Å². The van der Waals surface area contributed by atoms with Crippen molar-refractivity contribution in [3.05, 3.63) is 63.3 Å². The van der Waals surface area contributed by atoms with Gasteiger partial charge in [0.05, 0.1) is 11.4 Å². The van der Waals surface area contributed by atoms with Crippen LogP contribution in [0.3, 0.4) is 0 Å². The highest BCUT2D eigenvalue weighted by molar-refractivity contribution is 5.98. The van der Waals surface area contributed by atoms with Crippen molar-refractivity contribution < 1.29 is 38.5 Å². The van der Waals surface area contributed by atoms with Gasteiger partial charge >= 0.3 is 29.7 Å². The van der Waals surface area contributed by atoms with Crippen molar-refractivity contribution in [3.8, 4) is 22.9 Å².